The van der Waals surface area contributed by atoms with Gasteiger partial charge in [0.1, 0.15) is 0 Å². The second-order valence-electron chi connectivity index (χ2n) is 7.13. The van der Waals surface area contributed by atoms with E-state index in [0.717, 1.165) is 0 Å². The second kappa shape index (κ2) is 7.29. The maximum Gasteiger partial charge on any atom is 0.264 e. The fourth-order valence-electron chi connectivity index (χ4n) is 2.46. The van der Waals surface area contributed by atoms with Gasteiger partial charge >= 0.3 is 0 Å². The van der Waals surface area contributed by atoms with Crippen LogP contribution in [0.15, 0.2) is 47.4 Å². The van der Waals surface area contributed by atoms with E-state index in [1.165, 1.54) is 35.6 Å². The van der Waals surface area contributed by atoms with Gasteiger partial charge in [-0.05, 0) is 75.7 Å². The summed E-state index contributed by atoms with van der Waals surface area (Å²) in [6, 6.07) is 11.0. The Bertz CT molecular complexity index is 917. The van der Waals surface area contributed by atoms with Gasteiger partial charge in [0.15, 0.2) is 0 Å². The van der Waals surface area contributed by atoms with Gasteiger partial charge in [-0.1, -0.05) is 11.6 Å². The van der Waals surface area contributed by atoms with E-state index < -0.39 is 10.0 Å². The van der Waals surface area contributed by atoms with Gasteiger partial charge in [-0.2, -0.15) is 0 Å². The van der Waals surface area contributed by atoms with Crippen molar-refractivity contribution < 1.29 is 13.2 Å². The van der Waals surface area contributed by atoms with E-state index in [0.29, 0.717) is 21.8 Å². The predicted molar refractivity (Wildman–Crippen MR) is 105 cm³/mol. The molecule has 0 saturated carbocycles. The first-order valence-corrected chi connectivity index (χ1v) is 9.91. The number of amides is 1. The van der Waals surface area contributed by atoms with Crippen molar-refractivity contribution in [3.05, 3.63) is 58.6 Å². The number of anilines is 1. The Morgan fingerprint density at radius 1 is 1.08 bits per heavy atom. The molecule has 7 heteroatoms. The Hall–Kier alpha value is -2.05. The molecule has 0 aliphatic rings. The molecule has 0 aliphatic carbocycles. The summed E-state index contributed by atoms with van der Waals surface area (Å²) < 4.78 is 26.8. The number of sulfonamides is 1. The number of rotatable bonds is 4. The third-order valence-corrected chi connectivity index (χ3v) is 5.80. The molecule has 2 aromatic carbocycles. The summed E-state index contributed by atoms with van der Waals surface area (Å²) in [5, 5.41) is 3.36. The Morgan fingerprint density at radius 3 is 2.15 bits per heavy atom. The molecule has 0 fully saturated rings. The second-order valence-corrected chi connectivity index (χ2v) is 9.54. The van der Waals surface area contributed by atoms with Gasteiger partial charge in [0.25, 0.3) is 15.9 Å². The summed E-state index contributed by atoms with van der Waals surface area (Å²) >= 11 is 5.83. The van der Waals surface area contributed by atoms with E-state index >= 15 is 0 Å². The van der Waals surface area contributed by atoms with Gasteiger partial charge in [-0.3, -0.25) is 9.10 Å². The Kier molecular flexibility index (Phi) is 5.68. The standard InChI is InChI=1S/C19H23ClN2O3S/c1-13-12-14(18(23)21-19(2,3)4)6-11-17(13)22(5)26(24,25)16-9-7-15(20)8-10-16/h6-12H,1-5H3,(H,21,23). The number of halogens is 1. The molecule has 0 radical (unpaired) electrons. The SMILES string of the molecule is Cc1cc(C(=O)NC(C)(C)C)ccc1N(C)S(=O)(=O)c1ccc(Cl)cc1. The van der Waals surface area contributed by atoms with Crippen LogP contribution in [0, 0.1) is 6.92 Å². The van der Waals surface area contributed by atoms with E-state index in [4.69, 9.17) is 11.6 Å². The van der Waals surface area contributed by atoms with Gasteiger partial charge in [-0.25, -0.2) is 8.42 Å². The van der Waals surface area contributed by atoms with Crippen LogP contribution in [-0.4, -0.2) is 26.9 Å². The van der Waals surface area contributed by atoms with Gasteiger partial charge in [0.05, 0.1) is 10.6 Å². The van der Waals surface area contributed by atoms with Crippen molar-refractivity contribution in [2.45, 2.75) is 38.1 Å². The van der Waals surface area contributed by atoms with E-state index in [1.807, 2.05) is 20.8 Å². The van der Waals surface area contributed by atoms with E-state index in [9.17, 15) is 13.2 Å². The first kappa shape index (κ1) is 20.3. The lowest BCUT2D eigenvalue weighted by Gasteiger charge is -2.23. The molecule has 0 heterocycles. The van der Waals surface area contributed by atoms with Crippen molar-refractivity contribution in [3.8, 4) is 0 Å². The van der Waals surface area contributed by atoms with Gasteiger partial charge in [-0.15, -0.1) is 0 Å². The first-order valence-electron chi connectivity index (χ1n) is 8.09. The highest BCUT2D eigenvalue weighted by molar-refractivity contribution is 7.92. The van der Waals surface area contributed by atoms with Crippen LogP contribution >= 0.6 is 11.6 Å². The minimum absolute atomic E-state index is 0.151. The summed E-state index contributed by atoms with van der Waals surface area (Å²) in [7, 11) is -2.23. The van der Waals surface area contributed by atoms with Crippen molar-refractivity contribution in [2.75, 3.05) is 11.4 Å². The fourth-order valence-corrected chi connectivity index (χ4v) is 3.84. The number of hydrogen-bond acceptors (Lipinski definition) is 3. The molecular formula is C19H23ClN2O3S. The largest absolute Gasteiger partial charge is 0.347 e. The smallest absolute Gasteiger partial charge is 0.264 e. The third kappa shape index (κ3) is 4.56. The molecule has 1 amide bonds. The van der Waals surface area contributed by atoms with Crippen molar-refractivity contribution in [3.63, 3.8) is 0 Å². The third-order valence-electron chi connectivity index (χ3n) is 3.76. The van der Waals surface area contributed by atoms with Crippen molar-refractivity contribution in [1.82, 2.24) is 5.32 Å². The lowest BCUT2D eigenvalue weighted by molar-refractivity contribution is 0.0919. The maximum absolute atomic E-state index is 12.8. The van der Waals surface area contributed by atoms with Gasteiger partial charge in [0.2, 0.25) is 0 Å². The topological polar surface area (TPSA) is 66.5 Å². The van der Waals surface area contributed by atoms with Crippen molar-refractivity contribution >= 4 is 33.2 Å². The zero-order valence-electron chi connectivity index (χ0n) is 15.5. The van der Waals surface area contributed by atoms with Crippen LogP contribution < -0.4 is 9.62 Å². The highest BCUT2D eigenvalue weighted by Gasteiger charge is 2.23. The minimum Gasteiger partial charge on any atom is -0.347 e. The number of carbonyl (C=O) groups excluding carboxylic acids is 1. The number of benzene rings is 2. The lowest BCUT2D eigenvalue weighted by atomic mass is 10.1. The molecule has 140 valence electrons. The molecule has 5 nitrogen and oxygen atoms in total. The Morgan fingerprint density at radius 2 is 1.65 bits per heavy atom. The Labute approximate surface area is 160 Å². The molecule has 0 atom stereocenters. The number of aryl methyl sites for hydroxylation is 1. The molecule has 2 aromatic rings. The molecule has 0 aromatic heterocycles. The van der Waals surface area contributed by atoms with Crippen LogP contribution in [0.1, 0.15) is 36.7 Å². The van der Waals surface area contributed by atoms with E-state index in [-0.39, 0.29) is 16.3 Å². The van der Waals surface area contributed by atoms with E-state index in [1.54, 1.807) is 25.1 Å². The number of nitrogens with zero attached hydrogens (tertiary/aromatic N) is 1. The molecule has 0 unspecified atom stereocenters. The monoisotopic (exact) mass is 394 g/mol. The first-order chi connectivity index (χ1) is 11.9. The van der Waals surface area contributed by atoms with Gasteiger partial charge in [0, 0.05) is 23.2 Å². The van der Waals surface area contributed by atoms with Crippen LogP contribution in [0.25, 0.3) is 0 Å². The maximum atomic E-state index is 12.8. The molecule has 1 N–H and O–H groups in total. The average molecular weight is 395 g/mol. The van der Waals surface area contributed by atoms with Crippen molar-refractivity contribution in [1.29, 1.82) is 0 Å². The van der Waals surface area contributed by atoms with Crippen LogP contribution in [0.4, 0.5) is 5.69 Å². The van der Waals surface area contributed by atoms with E-state index in [2.05, 4.69) is 5.32 Å². The van der Waals surface area contributed by atoms with Crippen molar-refractivity contribution in [2.24, 2.45) is 0 Å². The zero-order valence-corrected chi connectivity index (χ0v) is 17.1. The van der Waals surface area contributed by atoms with Gasteiger partial charge < -0.3 is 5.32 Å². The molecule has 0 aliphatic heterocycles. The lowest BCUT2D eigenvalue weighted by Crippen LogP contribution is -2.40. The summed E-state index contributed by atoms with van der Waals surface area (Å²) in [5.41, 5.74) is 1.33. The van der Waals surface area contributed by atoms with Crippen LogP contribution in [0.3, 0.4) is 0 Å². The fraction of sp³-hybridized carbons (Fsp3) is 0.316. The number of carbonyl (C=O) groups is 1. The highest BCUT2D eigenvalue weighted by Crippen LogP contribution is 2.27. The molecule has 26 heavy (non-hydrogen) atoms. The van der Waals surface area contributed by atoms with Crippen LogP contribution in [0.2, 0.25) is 5.02 Å². The minimum atomic E-state index is -3.72. The quantitative estimate of drug-likeness (QED) is 0.852. The predicted octanol–water partition coefficient (Wildman–Crippen LogP) is 4.00. The van der Waals surface area contributed by atoms with Crippen LogP contribution in [0.5, 0.6) is 0 Å². The molecular weight excluding hydrogens is 372 g/mol. The molecule has 0 spiro atoms. The normalized spacial score (nSPS) is 11.9. The zero-order chi connectivity index (χ0) is 19.7. The average Bonchev–Trinajstić information content (AvgIpc) is 2.53. The number of hydrogen-bond donors (Lipinski definition) is 1. The highest BCUT2D eigenvalue weighted by atomic mass is 35.5. The summed E-state index contributed by atoms with van der Waals surface area (Å²) in [4.78, 5) is 12.4. The summed E-state index contributed by atoms with van der Waals surface area (Å²) in [5.74, 6) is -0.199. The summed E-state index contributed by atoms with van der Waals surface area (Å²) in [6.45, 7) is 7.48. The Balaban J connectivity index is 2.34. The summed E-state index contributed by atoms with van der Waals surface area (Å²) in [6.07, 6.45) is 0. The number of nitrogens with one attached hydrogen (secondary N) is 1. The van der Waals surface area contributed by atoms with Crippen LogP contribution in [-0.2, 0) is 10.0 Å². The molecule has 0 saturated heterocycles. The molecule has 2 rings (SSSR count). The molecule has 0 bridgehead atoms.